The van der Waals surface area contributed by atoms with E-state index in [-0.39, 0.29) is 11.5 Å². The average Bonchev–Trinajstić information content (AvgIpc) is 2.94. The highest BCUT2D eigenvalue weighted by molar-refractivity contribution is 8.00. The van der Waals surface area contributed by atoms with Gasteiger partial charge in [0.05, 0.1) is 5.52 Å². The molecule has 0 atom stereocenters. The highest BCUT2D eigenvalue weighted by atomic mass is 32.2. The number of rotatable bonds is 2. The van der Waals surface area contributed by atoms with E-state index >= 15 is 0 Å². The van der Waals surface area contributed by atoms with E-state index in [1.807, 2.05) is 32.0 Å². The summed E-state index contributed by atoms with van der Waals surface area (Å²) in [5, 5.41) is 7.07. The maximum absolute atomic E-state index is 13.2. The molecule has 2 aromatic heterocycles. The normalized spacial score (nSPS) is 16.9. The van der Waals surface area contributed by atoms with Crippen LogP contribution in [0.4, 0.5) is 11.5 Å². The summed E-state index contributed by atoms with van der Waals surface area (Å²) in [6.07, 6.45) is 1.48. The number of nitrogens with one attached hydrogen (secondary N) is 2. The van der Waals surface area contributed by atoms with E-state index in [0.717, 1.165) is 22.0 Å². The lowest BCUT2D eigenvalue weighted by molar-refractivity contribution is 0.0934. The van der Waals surface area contributed by atoms with Gasteiger partial charge in [-0.25, -0.2) is 9.97 Å². The molecule has 1 spiro atoms. The minimum absolute atomic E-state index is 0.181. The lowest BCUT2D eigenvalue weighted by Crippen LogP contribution is -2.57. The highest BCUT2D eigenvalue weighted by Gasteiger charge is 2.49. The van der Waals surface area contributed by atoms with Gasteiger partial charge >= 0.3 is 0 Å². The van der Waals surface area contributed by atoms with Crippen LogP contribution in [0.15, 0.2) is 35.4 Å². The van der Waals surface area contributed by atoms with E-state index in [4.69, 9.17) is 0 Å². The van der Waals surface area contributed by atoms with Crippen LogP contribution in [0.2, 0.25) is 0 Å². The number of hydrogen-bond donors (Lipinski definition) is 2. The number of carbonyl (C=O) groups excluding carboxylic acids is 1. The number of carbonyl (C=O) groups is 1. The number of benzene rings is 1. The summed E-state index contributed by atoms with van der Waals surface area (Å²) in [5.41, 5.74) is 2.65. The van der Waals surface area contributed by atoms with Gasteiger partial charge < -0.3 is 10.6 Å². The fourth-order valence-electron chi connectivity index (χ4n) is 3.85. The van der Waals surface area contributed by atoms with Crippen LogP contribution in [0.5, 0.6) is 0 Å². The van der Waals surface area contributed by atoms with Crippen LogP contribution in [-0.4, -0.2) is 31.9 Å². The first-order valence-electron chi connectivity index (χ1n) is 8.65. The van der Waals surface area contributed by atoms with E-state index in [1.165, 1.54) is 6.33 Å². The van der Waals surface area contributed by atoms with Crippen LogP contribution in [0.1, 0.15) is 21.6 Å². The van der Waals surface area contributed by atoms with Gasteiger partial charge in [0.2, 0.25) is 0 Å². The third-order valence-corrected chi connectivity index (χ3v) is 6.55. The molecular formula is C19H17N5O2S. The Hall–Kier alpha value is -2.87. The van der Waals surface area contributed by atoms with Gasteiger partial charge in [0, 0.05) is 16.9 Å². The van der Waals surface area contributed by atoms with Crippen LogP contribution in [0.3, 0.4) is 0 Å². The Bertz CT molecular complexity index is 1180. The van der Waals surface area contributed by atoms with Crippen molar-refractivity contribution in [3.05, 3.63) is 57.8 Å². The van der Waals surface area contributed by atoms with E-state index in [9.17, 15) is 9.59 Å². The molecule has 4 heterocycles. The smallest absolute Gasteiger partial charge is 0.276 e. The number of hydrogen-bond acceptors (Lipinski definition) is 6. The standard InChI is InChI=1S/C19H17N5O2S/c1-10-4-3-5-12-14(10)16(21-9-20-12)22-13-6-11(2)15-17(25)23-19(7-27-8-19)24(15)18(13)26/h3-6,9H,7-8H2,1-2H3,(H,23,25)(H,20,21,22). The summed E-state index contributed by atoms with van der Waals surface area (Å²) in [7, 11) is 0. The summed E-state index contributed by atoms with van der Waals surface area (Å²) in [4.78, 5) is 34.3. The van der Waals surface area contributed by atoms with Crippen LogP contribution >= 0.6 is 11.8 Å². The van der Waals surface area contributed by atoms with Gasteiger partial charge in [0.25, 0.3) is 11.5 Å². The van der Waals surface area contributed by atoms with Crippen molar-refractivity contribution in [1.29, 1.82) is 0 Å². The Morgan fingerprint density at radius 2 is 2.00 bits per heavy atom. The Balaban J connectivity index is 1.69. The molecule has 8 heteroatoms. The molecule has 2 aliphatic rings. The number of amides is 1. The maximum atomic E-state index is 13.2. The molecule has 1 aromatic carbocycles. The highest BCUT2D eigenvalue weighted by Crippen LogP contribution is 2.38. The van der Waals surface area contributed by atoms with Gasteiger partial charge in [-0.15, -0.1) is 0 Å². The van der Waals surface area contributed by atoms with Crippen LogP contribution in [-0.2, 0) is 5.66 Å². The first kappa shape index (κ1) is 16.3. The van der Waals surface area contributed by atoms with Crippen LogP contribution in [0, 0.1) is 13.8 Å². The second-order valence-electron chi connectivity index (χ2n) is 7.03. The quantitative estimate of drug-likeness (QED) is 0.710. The molecule has 3 aromatic rings. The fraction of sp³-hybridized carbons (Fsp3) is 0.263. The van der Waals surface area contributed by atoms with Crippen molar-refractivity contribution in [1.82, 2.24) is 19.9 Å². The number of thioether (sulfide) groups is 1. The van der Waals surface area contributed by atoms with Crippen molar-refractivity contribution in [2.75, 3.05) is 16.8 Å². The van der Waals surface area contributed by atoms with Crippen LogP contribution < -0.4 is 16.2 Å². The second kappa shape index (κ2) is 5.56. The largest absolute Gasteiger partial charge is 0.335 e. The molecule has 5 rings (SSSR count). The first-order chi connectivity index (χ1) is 13.0. The number of pyridine rings is 1. The topological polar surface area (TPSA) is 88.9 Å². The van der Waals surface area contributed by atoms with Crippen molar-refractivity contribution in [2.45, 2.75) is 19.5 Å². The zero-order chi connectivity index (χ0) is 18.8. The van der Waals surface area contributed by atoms with E-state index in [0.29, 0.717) is 28.7 Å². The number of nitrogens with zero attached hydrogens (tertiary/aromatic N) is 3. The van der Waals surface area contributed by atoms with Crippen molar-refractivity contribution < 1.29 is 4.79 Å². The Morgan fingerprint density at radius 3 is 2.74 bits per heavy atom. The van der Waals surface area contributed by atoms with Gasteiger partial charge in [-0.1, -0.05) is 12.1 Å². The van der Waals surface area contributed by atoms with Gasteiger partial charge in [-0.3, -0.25) is 14.2 Å². The third kappa shape index (κ3) is 2.22. The molecule has 0 aliphatic carbocycles. The van der Waals surface area contributed by atoms with E-state index < -0.39 is 5.66 Å². The van der Waals surface area contributed by atoms with Gasteiger partial charge in [0.1, 0.15) is 29.2 Å². The van der Waals surface area contributed by atoms with E-state index in [2.05, 4.69) is 20.6 Å². The molecule has 1 fully saturated rings. The number of aryl methyl sites for hydroxylation is 2. The maximum Gasteiger partial charge on any atom is 0.276 e. The van der Waals surface area contributed by atoms with Gasteiger partial charge in [-0.05, 0) is 37.1 Å². The van der Waals surface area contributed by atoms with Crippen molar-refractivity contribution in [3.63, 3.8) is 0 Å². The van der Waals surface area contributed by atoms with Crippen molar-refractivity contribution in [3.8, 4) is 0 Å². The summed E-state index contributed by atoms with van der Waals surface area (Å²) in [5.74, 6) is 1.80. The van der Waals surface area contributed by atoms with Crippen molar-refractivity contribution >= 4 is 40.1 Å². The molecule has 1 saturated heterocycles. The molecule has 2 aliphatic heterocycles. The Kier molecular flexibility index (Phi) is 3.36. The van der Waals surface area contributed by atoms with Gasteiger partial charge in [-0.2, -0.15) is 11.8 Å². The van der Waals surface area contributed by atoms with E-state index in [1.54, 1.807) is 22.4 Å². The summed E-state index contributed by atoms with van der Waals surface area (Å²) >= 11 is 1.71. The fourth-order valence-corrected chi connectivity index (χ4v) is 4.84. The Morgan fingerprint density at radius 1 is 1.19 bits per heavy atom. The monoisotopic (exact) mass is 379 g/mol. The number of anilines is 2. The zero-order valence-electron chi connectivity index (χ0n) is 14.9. The molecule has 0 unspecified atom stereocenters. The number of aromatic nitrogens is 3. The van der Waals surface area contributed by atoms with Crippen molar-refractivity contribution in [2.24, 2.45) is 0 Å². The minimum Gasteiger partial charge on any atom is -0.335 e. The number of fused-ring (bicyclic) bond motifs is 3. The zero-order valence-corrected chi connectivity index (χ0v) is 15.7. The summed E-state index contributed by atoms with van der Waals surface area (Å²) in [6.45, 7) is 3.84. The van der Waals surface area contributed by atoms with Gasteiger partial charge in [0.15, 0.2) is 0 Å². The third-order valence-electron chi connectivity index (χ3n) is 5.19. The molecule has 0 bridgehead atoms. The first-order valence-corrected chi connectivity index (χ1v) is 9.80. The Labute approximate surface area is 159 Å². The molecular weight excluding hydrogens is 362 g/mol. The molecule has 0 saturated carbocycles. The summed E-state index contributed by atoms with van der Waals surface area (Å²) in [6, 6.07) is 7.57. The molecule has 136 valence electrons. The minimum atomic E-state index is -0.597. The molecule has 0 radical (unpaired) electrons. The summed E-state index contributed by atoms with van der Waals surface area (Å²) < 4.78 is 1.62. The average molecular weight is 379 g/mol. The SMILES string of the molecule is Cc1cc(Nc2ncnc3cccc(C)c23)c(=O)n2c1C(=O)NC21CSC1. The molecule has 7 nitrogen and oxygen atoms in total. The predicted octanol–water partition coefficient (Wildman–Crippen LogP) is 2.29. The lowest BCUT2D eigenvalue weighted by Gasteiger charge is -2.38. The molecule has 1 amide bonds. The predicted molar refractivity (Wildman–Crippen MR) is 106 cm³/mol. The lowest BCUT2D eigenvalue weighted by atomic mass is 10.1. The second-order valence-corrected chi connectivity index (χ2v) is 8.01. The molecule has 27 heavy (non-hydrogen) atoms. The van der Waals surface area contributed by atoms with Crippen LogP contribution in [0.25, 0.3) is 10.9 Å². The molecule has 2 N–H and O–H groups in total.